The zero-order valence-electron chi connectivity index (χ0n) is 19.1. The molecule has 0 N–H and O–H groups in total. The summed E-state index contributed by atoms with van der Waals surface area (Å²) in [5.74, 6) is 0.323. The lowest BCUT2D eigenvalue weighted by atomic mass is 9.82. The maximum Gasteiger partial charge on any atom is 0.135 e. The number of unbranched alkanes of at least 4 members (excludes halogenated alkanes) is 3. The number of hydrogen-bond acceptors (Lipinski definition) is 6. The number of carbonyl (C=O) groups excluding carboxylic acids is 1. The summed E-state index contributed by atoms with van der Waals surface area (Å²) >= 11 is 0. The number of Topliss-reactive ketones (excluding diaryl/α,β-unsaturated/α-hetero) is 1. The average Bonchev–Trinajstić information content (AvgIpc) is 2.71. The van der Waals surface area contributed by atoms with Gasteiger partial charge < -0.3 is 18.9 Å². The van der Waals surface area contributed by atoms with E-state index in [1.165, 1.54) is 0 Å². The molecule has 2 rings (SSSR count). The second-order valence-electron chi connectivity index (χ2n) is 8.39. The number of ether oxygens (including phenoxy) is 4. The number of fused-ring (bicyclic) bond motifs is 1. The van der Waals surface area contributed by atoms with Crippen LogP contribution in [0.3, 0.4) is 0 Å². The van der Waals surface area contributed by atoms with Crippen molar-refractivity contribution in [2.24, 2.45) is 0 Å². The molecule has 170 valence electrons. The third kappa shape index (κ3) is 7.00. The lowest BCUT2D eigenvalue weighted by Gasteiger charge is -2.54. The lowest BCUT2D eigenvalue weighted by molar-refractivity contribution is -0.224. The van der Waals surface area contributed by atoms with E-state index in [0.29, 0.717) is 45.1 Å². The molecular formula is C23H43NO5. The summed E-state index contributed by atoms with van der Waals surface area (Å²) in [6, 6.07) is 0.138. The Balaban J connectivity index is 2.28. The van der Waals surface area contributed by atoms with Crippen molar-refractivity contribution in [2.75, 3.05) is 40.1 Å². The maximum absolute atomic E-state index is 12.3. The quantitative estimate of drug-likeness (QED) is 0.406. The summed E-state index contributed by atoms with van der Waals surface area (Å²) in [4.78, 5) is 14.7. The van der Waals surface area contributed by atoms with Gasteiger partial charge in [0, 0.05) is 52.4 Å². The van der Waals surface area contributed by atoms with Crippen LogP contribution in [0.15, 0.2) is 0 Å². The molecule has 0 saturated carbocycles. The number of methoxy groups -OCH3 is 1. The number of hydrogen-bond donors (Lipinski definition) is 0. The molecule has 0 spiro atoms. The van der Waals surface area contributed by atoms with Gasteiger partial charge in [0.1, 0.15) is 24.1 Å². The van der Waals surface area contributed by atoms with Crippen LogP contribution in [0.4, 0.5) is 0 Å². The monoisotopic (exact) mass is 413 g/mol. The summed E-state index contributed by atoms with van der Waals surface area (Å²) in [5.41, 5.74) is 0. The van der Waals surface area contributed by atoms with Crippen molar-refractivity contribution in [3.05, 3.63) is 0 Å². The molecular weight excluding hydrogens is 370 g/mol. The van der Waals surface area contributed by atoms with Crippen LogP contribution in [-0.4, -0.2) is 81.2 Å². The van der Waals surface area contributed by atoms with E-state index in [2.05, 4.69) is 25.7 Å². The topological polar surface area (TPSA) is 57.2 Å². The van der Waals surface area contributed by atoms with E-state index in [-0.39, 0.29) is 30.4 Å². The molecule has 2 aliphatic heterocycles. The van der Waals surface area contributed by atoms with Gasteiger partial charge in [0.2, 0.25) is 0 Å². The van der Waals surface area contributed by atoms with E-state index in [4.69, 9.17) is 18.9 Å². The first-order chi connectivity index (χ1) is 14.2. The van der Waals surface area contributed by atoms with Crippen molar-refractivity contribution >= 4 is 5.78 Å². The summed E-state index contributed by atoms with van der Waals surface area (Å²) in [5, 5.41) is 0. The van der Waals surface area contributed by atoms with Gasteiger partial charge in [0.05, 0.1) is 12.6 Å². The Morgan fingerprint density at radius 3 is 1.97 bits per heavy atom. The van der Waals surface area contributed by atoms with Crippen LogP contribution >= 0.6 is 0 Å². The molecule has 5 atom stereocenters. The largest absolute Gasteiger partial charge is 0.383 e. The molecule has 0 bridgehead atoms. The molecule has 0 aliphatic carbocycles. The van der Waals surface area contributed by atoms with Gasteiger partial charge in [0.25, 0.3) is 0 Å². The Bertz CT molecular complexity index is 461. The molecule has 2 fully saturated rings. The maximum atomic E-state index is 12.3. The van der Waals surface area contributed by atoms with Crippen molar-refractivity contribution in [3.63, 3.8) is 0 Å². The first-order valence-electron chi connectivity index (χ1n) is 11.8. The van der Waals surface area contributed by atoms with E-state index in [1.807, 2.05) is 0 Å². The summed E-state index contributed by atoms with van der Waals surface area (Å²) in [6.45, 7) is 9.96. The van der Waals surface area contributed by atoms with Gasteiger partial charge in [-0.2, -0.15) is 0 Å². The zero-order valence-corrected chi connectivity index (χ0v) is 19.1. The van der Waals surface area contributed by atoms with E-state index in [1.54, 1.807) is 7.11 Å². The second-order valence-corrected chi connectivity index (χ2v) is 8.39. The first kappa shape index (κ1) is 24.7. The summed E-state index contributed by atoms with van der Waals surface area (Å²) < 4.78 is 24.9. The Kier molecular flexibility index (Phi) is 11.7. The fraction of sp³-hybridized carbons (Fsp3) is 0.957. The molecule has 1 unspecified atom stereocenters. The smallest absolute Gasteiger partial charge is 0.135 e. The normalized spacial score (nSPS) is 30.5. The Morgan fingerprint density at radius 1 is 0.862 bits per heavy atom. The van der Waals surface area contributed by atoms with Crippen molar-refractivity contribution in [3.8, 4) is 0 Å². The van der Waals surface area contributed by atoms with E-state index in [9.17, 15) is 4.79 Å². The molecule has 6 heteroatoms. The highest BCUT2D eigenvalue weighted by Gasteiger charge is 2.52. The van der Waals surface area contributed by atoms with Crippen LogP contribution in [0.1, 0.15) is 72.1 Å². The van der Waals surface area contributed by atoms with Crippen LogP contribution in [0.25, 0.3) is 0 Å². The number of piperidine rings is 2. The van der Waals surface area contributed by atoms with Crippen molar-refractivity contribution in [2.45, 2.75) is 103 Å². The van der Waals surface area contributed by atoms with Crippen molar-refractivity contribution in [1.29, 1.82) is 0 Å². The fourth-order valence-corrected chi connectivity index (χ4v) is 4.46. The molecule has 0 radical (unpaired) electrons. The van der Waals surface area contributed by atoms with Gasteiger partial charge in [-0.1, -0.05) is 40.0 Å². The highest BCUT2D eigenvalue weighted by molar-refractivity contribution is 5.80. The van der Waals surface area contributed by atoms with Crippen LogP contribution < -0.4 is 0 Å². The molecule has 0 aromatic carbocycles. The van der Waals surface area contributed by atoms with Gasteiger partial charge in [-0.3, -0.25) is 9.69 Å². The molecule has 29 heavy (non-hydrogen) atoms. The van der Waals surface area contributed by atoms with Gasteiger partial charge in [0.15, 0.2) is 0 Å². The zero-order chi connectivity index (χ0) is 21.1. The molecule has 0 amide bonds. The predicted octanol–water partition coefficient (Wildman–Crippen LogP) is 3.60. The molecule has 2 heterocycles. The summed E-state index contributed by atoms with van der Waals surface area (Å²) in [7, 11) is 1.74. The average molecular weight is 414 g/mol. The van der Waals surface area contributed by atoms with Gasteiger partial charge in [-0.25, -0.2) is 0 Å². The fourth-order valence-electron chi connectivity index (χ4n) is 4.46. The highest BCUT2D eigenvalue weighted by atomic mass is 16.6. The standard InChI is InChI=1S/C23H43NO5/c1-5-8-13-27-21-19-16-18(25)11-12-24(19)20(17-26-4)22(28-14-9-6-2)23(21)29-15-10-7-3/h19-23H,5-17H2,1-4H3/t19?,20-,21-,22-,23-/m0/s1. The van der Waals surface area contributed by atoms with Crippen LogP contribution in [-0.2, 0) is 23.7 Å². The number of carbonyl (C=O) groups is 1. The van der Waals surface area contributed by atoms with Crippen molar-refractivity contribution in [1.82, 2.24) is 4.90 Å². The first-order valence-corrected chi connectivity index (χ1v) is 11.8. The number of nitrogens with zero attached hydrogens (tertiary/aromatic N) is 1. The Hall–Kier alpha value is -0.530. The molecule has 2 aliphatic rings. The SMILES string of the molecule is CCCCO[C@@H]1[C@@H](OCCCC)[C@H](COC)N2CCC(=O)CC2[C@@H]1OCCCC. The predicted molar refractivity (Wildman–Crippen MR) is 114 cm³/mol. The minimum Gasteiger partial charge on any atom is -0.383 e. The molecule has 2 saturated heterocycles. The van der Waals surface area contributed by atoms with Crippen LogP contribution in [0.2, 0.25) is 0 Å². The number of ketones is 1. The molecule has 6 nitrogen and oxygen atoms in total. The van der Waals surface area contributed by atoms with Crippen LogP contribution in [0.5, 0.6) is 0 Å². The molecule has 0 aromatic rings. The van der Waals surface area contributed by atoms with E-state index in [0.717, 1.165) is 45.1 Å². The van der Waals surface area contributed by atoms with Gasteiger partial charge in [-0.15, -0.1) is 0 Å². The lowest BCUT2D eigenvalue weighted by Crippen LogP contribution is -2.70. The minimum atomic E-state index is -0.164. The Labute approximate surface area is 177 Å². The van der Waals surface area contributed by atoms with Gasteiger partial charge >= 0.3 is 0 Å². The van der Waals surface area contributed by atoms with Gasteiger partial charge in [-0.05, 0) is 19.3 Å². The Morgan fingerprint density at radius 2 is 1.41 bits per heavy atom. The summed E-state index contributed by atoms with van der Waals surface area (Å²) in [6.07, 6.45) is 7.06. The third-order valence-corrected chi connectivity index (χ3v) is 6.11. The minimum absolute atomic E-state index is 0.0471. The van der Waals surface area contributed by atoms with E-state index < -0.39 is 0 Å². The third-order valence-electron chi connectivity index (χ3n) is 6.11. The van der Waals surface area contributed by atoms with E-state index >= 15 is 0 Å². The van der Waals surface area contributed by atoms with Crippen molar-refractivity contribution < 1.29 is 23.7 Å². The second kappa shape index (κ2) is 13.7. The molecule has 0 aromatic heterocycles. The van der Waals surface area contributed by atoms with Crippen LogP contribution in [0, 0.1) is 0 Å². The highest BCUT2D eigenvalue weighted by Crippen LogP contribution is 2.35. The number of rotatable bonds is 14.